The summed E-state index contributed by atoms with van der Waals surface area (Å²) in [6.45, 7) is 0. The van der Waals surface area contributed by atoms with E-state index in [2.05, 4.69) is 0 Å². The number of non-ortho nitro benzene ring substituents is 3. The van der Waals surface area contributed by atoms with Gasteiger partial charge in [0.2, 0.25) is 5.78 Å². The summed E-state index contributed by atoms with van der Waals surface area (Å²) >= 11 is 0. The molecular weight excluding hydrogens is 1180 g/mol. The molecule has 0 radical (unpaired) electrons. The van der Waals surface area contributed by atoms with Gasteiger partial charge < -0.3 is 0 Å². The van der Waals surface area contributed by atoms with E-state index in [0.29, 0.717) is 21.5 Å². The monoisotopic (exact) mass is 1200 g/mol. The number of Topliss-reactive ketones (excluding diaryl/α,β-unsaturated/α-hetero) is 1. The average Bonchev–Trinajstić information content (AvgIpc) is 1.08. The summed E-state index contributed by atoms with van der Waals surface area (Å²) in [4.78, 5) is 46.9. The van der Waals surface area contributed by atoms with Crippen LogP contribution in [0.25, 0.3) is 0 Å². The number of nitro groups is 3. The Labute approximate surface area is 442 Å². The third-order valence-corrected chi connectivity index (χ3v) is 16.9. The van der Waals surface area contributed by atoms with E-state index in [1.54, 1.807) is 48.5 Å². The van der Waals surface area contributed by atoms with Crippen LogP contribution in [0, 0.1) is 147 Å². The molecule has 82 heavy (non-hydrogen) atoms. The molecule has 0 aliphatic carbocycles. The number of carbonyl (C=O) groups is 1. The zero-order valence-corrected chi connectivity index (χ0v) is 40.2. The number of rotatable bonds is 13. The number of ketones is 1. The third-order valence-electron chi connectivity index (χ3n) is 12.6. The fourth-order valence-corrected chi connectivity index (χ4v) is 13.2. The molecule has 8 aromatic rings. The summed E-state index contributed by atoms with van der Waals surface area (Å²) in [6, 6.07) is 25.6. The van der Waals surface area contributed by atoms with Crippen molar-refractivity contribution in [2.45, 2.75) is 0 Å². The number of benzene rings is 8. The Morgan fingerprint density at radius 1 is 0.329 bits per heavy atom. The Balaban J connectivity index is 0.000000240. The van der Waals surface area contributed by atoms with Gasteiger partial charge in [-0.15, -0.1) is 21.9 Å². The minimum atomic E-state index is -7.22. The second kappa shape index (κ2) is 22.7. The topological polar surface area (TPSA) is 146 Å². The van der Waals surface area contributed by atoms with Crippen LogP contribution in [-0.2, 0) is 0 Å². The molecule has 0 saturated carbocycles. The van der Waals surface area contributed by atoms with E-state index in [9.17, 15) is 87.8 Å². The summed E-state index contributed by atoms with van der Waals surface area (Å²) < 4.78 is 294. The van der Waals surface area contributed by atoms with E-state index in [1.807, 2.05) is 0 Å². The molecule has 0 fully saturated rings. The molecule has 0 aromatic heterocycles. The predicted molar refractivity (Wildman–Crippen MR) is 250 cm³/mol. The summed E-state index contributed by atoms with van der Waals surface area (Å²) in [5, 5.41) is 36.2. The van der Waals surface area contributed by atoms with Crippen molar-refractivity contribution in [1.29, 1.82) is 0 Å². The lowest BCUT2D eigenvalue weighted by atomic mass is 9.12. The van der Waals surface area contributed by atoms with Crippen molar-refractivity contribution in [3.63, 3.8) is 0 Å². The van der Waals surface area contributed by atoms with Crippen molar-refractivity contribution < 1.29 is 107 Å². The van der Waals surface area contributed by atoms with Crippen LogP contribution >= 0.6 is 7.26 Å². The lowest BCUT2D eigenvalue weighted by molar-refractivity contribution is -0.384. The number of halogens is 20. The van der Waals surface area contributed by atoms with Crippen LogP contribution in [0.3, 0.4) is 0 Å². The number of carbonyl (C=O) groups excluding carboxylic acids is 1. The smallest absolute Gasteiger partial charge is 0.273 e. The standard InChI is InChI=1S/C26H19N3O7P.C24BF20/c30-26(19-7-2-1-3-8-19)18-37(23-12-4-9-20(15-23)27(31)32,24-13-5-10-21(16-24)28(33)34)25-14-6-11-22(17-25)29(35)36;26-5-1(6(27)14(35)21(42)13(5)34)25(2-7(28)15(36)22(43)16(37)8(2)29,3-9(30)17(38)23(44)18(39)10(3)31)4-11(32)19(40)24(45)20(41)12(4)33/h1-17H,18H2;/q+1;-1. The van der Waals surface area contributed by atoms with Gasteiger partial charge in [-0.2, -0.15) is 0 Å². The molecule has 0 bridgehead atoms. The molecule has 0 aliphatic heterocycles. The van der Waals surface area contributed by atoms with Crippen molar-refractivity contribution in [1.82, 2.24) is 0 Å². The molecule has 8 rings (SSSR count). The second-order valence-corrected chi connectivity index (χ2v) is 20.4. The van der Waals surface area contributed by atoms with Crippen LogP contribution in [0.15, 0.2) is 103 Å². The summed E-state index contributed by atoms with van der Waals surface area (Å²) in [6.07, 6.45) is -7.41. The van der Waals surface area contributed by atoms with Crippen LogP contribution < -0.4 is 37.8 Å². The number of nitrogens with zero attached hydrogens (tertiary/aromatic N) is 3. The molecule has 0 amide bonds. The first-order valence-electron chi connectivity index (χ1n) is 21.9. The molecule has 32 heteroatoms. The van der Waals surface area contributed by atoms with Crippen LogP contribution in [0.2, 0.25) is 0 Å². The van der Waals surface area contributed by atoms with Crippen molar-refractivity contribution in [2.24, 2.45) is 0 Å². The Bertz CT molecular complexity index is 3490. The molecule has 0 saturated heterocycles. The van der Waals surface area contributed by atoms with Crippen molar-refractivity contribution in [3.8, 4) is 0 Å². The van der Waals surface area contributed by atoms with Crippen LogP contribution in [0.4, 0.5) is 105 Å². The lowest BCUT2D eigenvalue weighted by Gasteiger charge is -2.44. The van der Waals surface area contributed by atoms with Gasteiger partial charge in [0, 0.05) is 23.8 Å². The van der Waals surface area contributed by atoms with Gasteiger partial charge >= 0.3 is 0 Å². The fraction of sp³-hybridized carbons (Fsp3) is 0.0200. The SMILES string of the molecule is Fc1c(F)c(F)c([B-](c2c(F)c(F)c(F)c(F)c2F)(c2c(F)c(F)c(F)c(F)c2F)c2c(F)c(F)c(F)c(F)c2F)c(F)c1F.O=C(C[P+](c1cccc([N+](=O)[O-])c1)(c1cccc([N+](=O)[O-])c1)c1cccc([N+](=O)[O-])c1)c1ccccc1. The van der Waals surface area contributed by atoms with Crippen molar-refractivity contribution in [3.05, 3.63) is 255 Å². The predicted octanol–water partition coefficient (Wildman–Crippen LogP) is 10.4. The first-order valence-corrected chi connectivity index (χ1v) is 23.8. The molecule has 0 spiro atoms. The van der Waals surface area contributed by atoms with E-state index >= 15 is 35.1 Å². The molecule has 0 atom stereocenters. The molecule has 0 aliphatic rings. The third kappa shape index (κ3) is 9.76. The zero-order valence-electron chi connectivity index (χ0n) is 39.3. The maximum Gasteiger partial charge on any atom is 0.273 e. The quantitative estimate of drug-likeness (QED) is 0.0163. The Kier molecular flexibility index (Phi) is 16.7. The van der Waals surface area contributed by atoms with Crippen molar-refractivity contribution >= 4 is 74.0 Å². The molecule has 0 N–H and O–H groups in total. The van der Waals surface area contributed by atoms with Gasteiger partial charge in [-0.1, -0.05) is 48.5 Å². The first-order chi connectivity index (χ1) is 38.4. The summed E-state index contributed by atoms with van der Waals surface area (Å²) in [5.74, 6) is -71.7. The van der Waals surface area contributed by atoms with Gasteiger partial charge in [-0.25, -0.2) is 87.8 Å². The molecule has 424 valence electrons. The van der Waals surface area contributed by atoms with E-state index < -0.39 is 166 Å². The van der Waals surface area contributed by atoms with Crippen LogP contribution in [0.5, 0.6) is 0 Å². The maximum atomic E-state index is 15.4. The summed E-state index contributed by atoms with van der Waals surface area (Å²) in [5.41, 5.74) is -14.6. The van der Waals surface area contributed by atoms with Gasteiger partial charge in [-0.3, -0.25) is 35.1 Å². The number of hydrogen-bond acceptors (Lipinski definition) is 7. The molecule has 8 aromatic carbocycles. The summed E-state index contributed by atoms with van der Waals surface area (Å²) in [7, 11) is -3.24. The first kappa shape index (κ1) is 60.4. The Morgan fingerprint density at radius 3 is 0.768 bits per heavy atom. The van der Waals surface area contributed by atoms with Crippen LogP contribution in [0.1, 0.15) is 10.4 Å². The van der Waals surface area contributed by atoms with E-state index in [4.69, 9.17) is 0 Å². The fourth-order valence-electron chi connectivity index (χ4n) is 9.06. The highest BCUT2D eigenvalue weighted by Crippen LogP contribution is 2.57. The number of nitro benzene ring substituents is 3. The molecular formula is C50H19BF20N3O7P. The van der Waals surface area contributed by atoms with E-state index in [0.717, 1.165) is 0 Å². The molecule has 10 nitrogen and oxygen atoms in total. The van der Waals surface area contributed by atoms with Gasteiger partial charge in [0.15, 0.2) is 69.8 Å². The highest BCUT2D eigenvalue weighted by atomic mass is 31.2. The number of hydrogen-bond donors (Lipinski definition) is 0. The minimum Gasteiger partial charge on any atom is -0.290 e. The Hall–Kier alpha value is -9.28. The van der Waals surface area contributed by atoms with E-state index in [-0.39, 0.29) is 29.0 Å². The lowest BCUT2D eigenvalue weighted by Crippen LogP contribution is -2.81. The normalized spacial score (nSPS) is 11.6. The highest BCUT2D eigenvalue weighted by molar-refractivity contribution is 7.96. The van der Waals surface area contributed by atoms with Gasteiger partial charge in [0.25, 0.3) is 17.1 Å². The minimum absolute atomic E-state index is 0.194. The highest BCUT2D eigenvalue weighted by Gasteiger charge is 2.53. The average molecular weight is 1200 g/mol. The largest absolute Gasteiger partial charge is 0.290 e. The zero-order chi connectivity index (χ0) is 60.9. The van der Waals surface area contributed by atoms with Gasteiger partial charge in [-0.05, 0) is 18.2 Å². The Morgan fingerprint density at radius 2 is 0.549 bits per heavy atom. The second-order valence-electron chi connectivity index (χ2n) is 16.9. The maximum absolute atomic E-state index is 15.4. The van der Waals surface area contributed by atoms with Crippen LogP contribution in [-0.4, -0.2) is 32.9 Å². The van der Waals surface area contributed by atoms with Gasteiger partial charge in [0.1, 0.15) is 82.0 Å². The van der Waals surface area contributed by atoms with E-state index in [1.165, 1.54) is 54.6 Å². The van der Waals surface area contributed by atoms with Gasteiger partial charge in [0.05, 0.1) is 33.0 Å². The molecule has 0 unspecified atom stereocenters. The molecule has 0 heterocycles. The van der Waals surface area contributed by atoms with Crippen molar-refractivity contribution in [2.75, 3.05) is 6.16 Å².